The van der Waals surface area contributed by atoms with Crippen LogP contribution in [0.1, 0.15) is 105 Å². The largest absolute Gasteiger partial charge is 0.348 e. The third-order valence-electron chi connectivity index (χ3n) is 8.27. The predicted octanol–water partition coefficient (Wildman–Crippen LogP) is 5.31. The van der Waals surface area contributed by atoms with E-state index in [2.05, 4.69) is 25.8 Å². The van der Waals surface area contributed by atoms with Crippen molar-refractivity contribution in [3.05, 3.63) is 47.7 Å². The summed E-state index contributed by atoms with van der Waals surface area (Å²) >= 11 is 0. The molecular formula is C29H34F4N8O2. The van der Waals surface area contributed by atoms with E-state index in [4.69, 9.17) is 0 Å². The van der Waals surface area contributed by atoms with Crippen LogP contribution in [-0.4, -0.2) is 48.0 Å². The van der Waals surface area contributed by atoms with E-state index in [1.54, 1.807) is 23.0 Å². The summed E-state index contributed by atoms with van der Waals surface area (Å²) in [5.74, 6) is -7.01. The number of nitriles is 1. The summed E-state index contributed by atoms with van der Waals surface area (Å²) in [6, 6.07) is 3.79. The molecule has 0 aliphatic heterocycles. The summed E-state index contributed by atoms with van der Waals surface area (Å²) in [5, 5.41) is 23.7. The van der Waals surface area contributed by atoms with Gasteiger partial charge in [0.15, 0.2) is 5.65 Å². The van der Waals surface area contributed by atoms with E-state index in [1.165, 1.54) is 16.9 Å². The van der Waals surface area contributed by atoms with Crippen LogP contribution in [0.25, 0.3) is 5.65 Å². The van der Waals surface area contributed by atoms with E-state index < -0.39 is 41.7 Å². The maximum absolute atomic E-state index is 14.0. The molecule has 3 aromatic heterocycles. The van der Waals surface area contributed by atoms with Crippen molar-refractivity contribution in [2.45, 2.75) is 95.2 Å². The fraction of sp³-hybridized carbons (Fsp3) is 0.586. The van der Waals surface area contributed by atoms with Crippen molar-refractivity contribution in [2.24, 2.45) is 11.8 Å². The fourth-order valence-corrected chi connectivity index (χ4v) is 5.99. The molecular weight excluding hydrogens is 568 g/mol. The highest BCUT2D eigenvalue weighted by Crippen LogP contribution is 2.44. The van der Waals surface area contributed by atoms with E-state index in [1.807, 2.05) is 19.9 Å². The van der Waals surface area contributed by atoms with Crippen molar-refractivity contribution in [3.8, 4) is 6.07 Å². The number of nitrogens with one attached hydrogen (secondary N) is 2. The zero-order chi connectivity index (χ0) is 30.9. The van der Waals surface area contributed by atoms with Crippen LogP contribution in [-0.2, 0) is 4.79 Å². The molecule has 2 aliphatic carbocycles. The van der Waals surface area contributed by atoms with E-state index >= 15 is 0 Å². The second-order valence-corrected chi connectivity index (χ2v) is 12.0. The Morgan fingerprint density at radius 2 is 1.84 bits per heavy atom. The average molecular weight is 603 g/mol. The number of carbonyl (C=O) groups excluding carboxylic acids is 2. The molecule has 0 saturated heterocycles. The van der Waals surface area contributed by atoms with E-state index in [0.29, 0.717) is 22.6 Å². The first-order valence-electron chi connectivity index (χ1n) is 14.5. The number of aromatic nitrogens is 5. The van der Waals surface area contributed by atoms with Gasteiger partial charge in [0.1, 0.15) is 5.69 Å². The maximum atomic E-state index is 14.0. The minimum atomic E-state index is -2.75. The number of fused-ring (bicyclic) bond motifs is 1. The maximum Gasteiger partial charge on any atom is 0.270 e. The lowest BCUT2D eigenvalue weighted by Gasteiger charge is -2.34. The van der Waals surface area contributed by atoms with Crippen LogP contribution in [0.2, 0.25) is 0 Å². The lowest BCUT2D eigenvalue weighted by Crippen LogP contribution is -2.39. The number of halogens is 4. The normalized spacial score (nSPS) is 19.9. The number of rotatable bonds is 10. The third kappa shape index (κ3) is 6.97. The minimum Gasteiger partial charge on any atom is -0.348 e. The summed E-state index contributed by atoms with van der Waals surface area (Å²) in [6.45, 7) is 3.79. The number of hydrogen-bond acceptors (Lipinski definition) is 6. The number of amides is 2. The molecule has 3 aromatic rings. The second kappa shape index (κ2) is 11.9. The molecule has 0 aromatic carbocycles. The van der Waals surface area contributed by atoms with E-state index in [9.17, 15) is 32.4 Å². The molecule has 3 heterocycles. The molecule has 10 nitrogen and oxygen atoms in total. The second-order valence-electron chi connectivity index (χ2n) is 12.0. The van der Waals surface area contributed by atoms with Gasteiger partial charge in [-0.25, -0.2) is 27.1 Å². The van der Waals surface area contributed by atoms with Gasteiger partial charge >= 0.3 is 0 Å². The quantitative estimate of drug-likeness (QED) is 0.303. The molecule has 2 aliphatic rings. The molecule has 2 fully saturated rings. The van der Waals surface area contributed by atoms with Gasteiger partial charge in [0.2, 0.25) is 17.8 Å². The van der Waals surface area contributed by atoms with Crippen LogP contribution in [0, 0.1) is 23.2 Å². The molecule has 2 atom stereocenters. The summed E-state index contributed by atoms with van der Waals surface area (Å²) in [5.41, 5.74) is 1.65. The standard InChI is InChI=1S/C29H34F4N8O2/c1-17(2)41-23(6-10-35-41)27(43)39-26(19-3-7-28(30,31)8-4-19)22-16-40-24(37-22)12-20(15-36-40)21(5-9-34)38-25(42)11-18-13-29(32,33)14-18/h6,10,12,15-19,21,26H,3-5,7-8,11,13-14H2,1-2H3,(H,38,42)(H,39,43)/t21-,26-/m0/s1. The molecule has 230 valence electrons. The molecule has 0 unspecified atom stereocenters. The average Bonchev–Trinajstić information content (AvgIpc) is 3.58. The lowest BCUT2D eigenvalue weighted by molar-refractivity contribution is -0.134. The molecule has 5 rings (SSSR count). The van der Waals surface area contributed by atoms with Crippen molar-refractivity contribution in [2.75, 3.05) is 0 Å². The predicted molar refractivity (Wildman–Crippen MR) is 146 cm³/mol. The summed E-state index contributed by atoms with van der Waals surface area (Å²) in [6.07, 6.45) is 3.64. The molecule has 0 radical (unpaired) electrons. The smallest absolute Gasteiger partial charge is 0.270 e. The van der Waals surface area contributed by atoms with Crippen LogP contribution >= 0.6 is 0 Å². The van der Waals surface area contributed by atoms with Gasteiger partial charge in [-0.15, -0.1) is 0 Å². The summed E-state index contributed by atoms with van der Waals surface area (Å²) in [7, 11) is 0. The lowest BCUT2D eigenvalue weighted by atomic mass is 9.79. The molecule has 2 N–H and O–H groups in total. The van der Waals surface area contributed by atoms with Crippen LogP contribution in [0.15, 0.2) is 30.7 Å². The Bertz CT molecular complexity index is 1510. The number of alkyl halides is 4. The Morgan fingerprint density at radius 1 is 1.12 bits per heavy atom. The Balaban J connectivity index is 1.38. The van der Waals surface area contributed by atoms with Crippen LogP contribution in [0.3, 0.4) is 0 Å². The highest BCUT2D eigenvalue weighted by molar-refractivity contribution is 5.92. The third-order valence-corrected chi connectivity index (χ3v) is 8.27. The zero-order valence-electron chi connectivity index (χ0n) is 23.9. The first-order valence-corrected chi connectivity index (χ1v) is 14.5. The van der Waals surface area contributed by atoms with Gasteiger partial charge in [-0.05, 0) is 56.2 Å². The van der Waals surface area contributed by atoms with Crippen molar-refractivity contribution in [3.63, 3.8) is 0 Å². The van der Waals surface area contributed by atoms with Gasteiger partial charge < -0.3 is 10.6 Å². The fourth-order valence-electron chi connectivity index (χ4n) is 5.99. The Kier molecular flexibility index (Phi) is 8.45. The highest BCUT2D eigenvalue weighted by Gasteiger charge is 2.46. The Hall–Kier alpha value is -4.02. The van der Waals surface area contributed by atoms with E-state index in [-0.39, 0.29) is 63.3 Å². The molecule has 14 heteroatoms. The Morgan fingerprint density at radius 3 is 2.49 bits per heavy atom. The number of carbonyl (C=O) groups is 2. The number of hydrogen-bond donors (Lipinski definition) is 2. The van der Waals surface area contributed by atoms with Gasteiger partial charge in [-0.1, -0.05) is 0 Å². The SMILES string of the molecule is CC(C)n1nccc1C(=O)N[C@H](c1cn2ncc([C@H](CC#N)NC(=O)CC3CC(F)(F)C3)cc2n1)C1CCC(F)(F)CC1. The van der Waals surface area contributed by atoms with Crippen molar-refractivity contribution >= 4 is 17.5 Å². The van der Waals surface area contributed by atoms with Gasteiger partial charge in [0.05, 0.1) is 42.7 Å². The topological polar surface area (TPSA) is 130 Å². The first-order chi connectivity index (χ1) is 20.3. The van der Waals surface area contributed by atoms with Crippen LogP contribution < -0.4 is 10.6 Å². The zero-order valence-corrected chi connectivity index (χ0v) is 23.9. The Labute approximate surface area is 245 Å². The molecule has 0 bridgehead atoms. The van der Waals surface area contributed by atoms with Crippen molar-refractivity contribution < 1.29 is 27.2 Å². The van der Waals surface area contributed by atoms with Crippen molar-refractivity contribution in [1.29, 1.82) is 5.26 Å². The molecule has 2 amide bonds. The number of nitrogens with zero attached hydrogens (tertiary/aromatic N) is 6. The first kappa shape index (κ1) is 30.4. The summed E-state index contributed by atoms with van der Waals surface area (Å²) in [4.78, 5) is 30.6. The molecule has 43 heavy (non-hydrogen) atoms. The number of imidazole rings is 1. The van der Waals surface area contributed by atoms with Gasteiger partial charge in [-0.3, -0.25) is 14.3 Å². The van der Waals surface area contributed by atoms with Crippen LogP contribution in [0.4, 0.5) is 17.6 Å². The van der Waals surface area contributed by atoms with E-state index in [0.717, 1.165) is 0 Å². The monoisotopic (exact) mass is 602 g/mol. The van der Waals surface area contributed by atoms with Crippen LogP contribution in [0.5, 0.6) is 0 Å². The highest BCUT2D eigenvalue weighted by atomic mass is 19.3. The van der Waals surface area contributed by atoms with Gasteiger partial charge in [0.25, 0.3) is 5.91 Å². The minimum absolute atomic E-state index is 0.0573. The molecule has 0 spiro atoms. The molecule has 2 saturated carbocycles. The van der Waals surface area contributed by atoms with Crippen molar-refractivity contribution in [1.82, 2.24) is 35.0 Å². The van der Waals surface area contributed by atoms with Gasteiger partial charge in [0, 0.05) is 44.3 Å². The summed E-state index contributed by atoms with van der Waals surface area (Å²) < 4.78 is 57.5. The van der Waals surface area contributed by atoms with Gasteiger partial charge in [-0.2, -0.15) is 15.5 Å².